The largest absolute Gasteiger partial charge is 0.550 e. The molecule has 1 aromatic rings. The van der Waals surface area contributed by atoms with Crippen LogP contribution in [0.25, 0.3) is 0 Å². The number of fused-ring (bicyclic) bond motifs is 1. The number of guanidine groups is 1. The molecule has 0 amide bonds. The number of nitrogens with one attached hydrogen (secondary N) is 2. The van der Waals surface area contributed by atoms with Gasteiger partial charge in [-0.1, -0.05) is 63.3 Å². The molecule has 2 N–H and O–H groups in total. The molecule has 6 heteroatoms. The average molecular weight is 470 g/mol. The molecule has 0 spiro atoms. The molecule has 188 valence electrons. The smallest absolute Gasteiger partial charge is 0.346 e. The van der Waals surface area contributed by atoms with Crippen LogP contribution in [0.15, 0.2) is 36.4 Å². The van der Waals surface area contributed by atoms with Crippen molar-refractivity contribution in [2.45, 2.75) is 103 Å². The van der Waals surface area contributed by atoms with E-state index < -0.39 is 11.9 Å². The van der Waals surface area contributed by atoms with Gasteiger partial charge in [0.15, 0.2) is 0 Å². The van der Waals surface area contributed by atoms with E-state index in [9.17, 15) is 9.90 Å². The van der Waals surface area contributed by atoms with E-state index in [2.05, 4.69) is 41.2 Å². The molecule has 0 saturated carbocycles. The maximum absolute atomic E-state index is 12.0. The summed E-state index contributed by atoms with van der Waals surface area (Å²) in [5, 5.41) is 19.1. The van der Waals surface area contributed by atoms with Gasteiger partial charge in [0.25, 0.3) is 0 Å². The highest BCUT2D eigenvalue weighted by atomic mass is 16.5. The summed E-state index contributed by atoms with van der Waals surface area (Å²) in [5.74, 6) is 0.430. The Bertz CT molecular complexity index is 834. The maximum atomic E-state index is 12.0. The number of methoxy groups -OCH3 is 1. The number of carbonyl (C=O) groups excluding carboxylic acids is 1. The van der Waals surface area contributed by atoms with Crippen molar-refractivity contribution < 1.29 is 19.2 Å². The number of unbranched alkanes of at least 4 members (excludes halogenated alkanes) is 6. The summed E-state index contributed by atoms with van der Waals surface area (Å²) in [6.07, 6.45) is 15.8. The van der Waals surface area contributed by atoms with E-state index in [0.717, 1.165) is 36.5 Å². The van der Waals surface area contributed by atoms with Crippen molar-refractivity contribution in [1.82, 2.24) is 10.6 Å². The fraction of sp³-hybridized carbons (Fsp3) is 0.643. The topological polar surface area (TPSA) is 76.4 Å². The van der Waals surface area contributed by atoms with Crippen molar-refractivity contribution in [2.75, 3.05) is 7.11 Å². The Morgan fingerprint density at radius 1 is 1.15 bits per heavy atom. The molecule has 0 aromatic heterocycles. The lowest BCUT2D eigenvalue weighted by atomic mass is 9.93. The van der Waals surface area contributed by atoms with E-state index in [4.69, 9.17) is 4.74 Å². The molecule has 1 saturated heterocycles. The van der Waals surface area contributed by atoms with Crippen LogP contribution in [-0.2, 0) is 11.3 Å². The number of hydrogen-bond acceptors (Lipinski definition) is 5. The van der Waals surface area contributed by atoms with E-state index in [1.165, 1.54) is 38.5 Å². The lowest BCUT2D eigenvalue weighted by Crippen LogP contribution is -2.57. The Balaban J connectivity index is 1.64. The van der Waals surface area contributed by atoms with Gasteiger partial charge in [-0.3, -0.25) is 15.2 Å². The van der Waals surface area contributed by atoms with Crippen LogP contribution in [0.5, 0.6) is 5.75 Å². The molecule has 1 unspecified atom stereocenters. The van der Waals surface area contributed by atoms with Crippen LogP contribution in [0.1, 0.15) is 83.6 Å². The standard InChI is InChI=1S/C28H43N3O3/c1-4-5-6-7-8-9-10-11-12-13-23-19-25(27(32)33)26-18-21(2)30-28(31(23)26)29-20-22-14-16-24(34-3)17-15-22/h11-12,14-17,21,23,25-26H,4-10,13,18-20H2,1-3H3,(H2,29,30,32,33)/b12-11-/t21-,23-,25?,26-/m1/s1. The number of carboxylic acid groups (broad SMARTS) is 1. The van der Waals surface area contributed by atoms with Gasteiger partial charge in [-0.05, 0) is 50.3 Å². The van der Waals surface area contributed by atoms with Crippen molar-refractivity contribution in [2.24, 2.45) is 5.92 Å². The summed E-state index contributed by atoms with van der Waals surface area (Å²) in [5.41, 5.74) is 1.15. The van der Waals surface area contributed by atoms with Crippen molar-refractivity contribution in [3.63, 3.8) is 0 Å². The van der Waals surface area contributed by atoms with E-state index in [1.807, 2.05) is 24.3 Å². The van der Waals surface area contributed by atoms with Gasteiger partial charge in [0.1, 0.15) is 5.75 Å². The Hall–Kier alpha value is -2.50. The quantitative estimate of drug-likeness (QED) is 0.261. The first kappa shape index (κ1) is 26.1. The van der Waals surface area contributed by atoms with Crippen LogP contribution in [-0.4, -0.2) is 41.7 Å². The van der Waals surface area contributed by atoms with Crippen LogP contribution >= 0.6 is 0 Å². The minimum Gasteiger partial charge on any atom is -0.550 e. The first-order chi connectivity index (χ1) is 16.5. The minimum absolute atomic E-state index is 0.0309. The summed E-state index contributed by atoms with van der Waals surface area (Å²) in [7, 11) is 1.67. The van der Waals surface area contributed by atoms with Crippen LogP contribution in [0, 0.1) is 5.92 Å². The molecule has 34 heavy (non-hydrogen) atoms. The molecule has 0 radical (unpaired) electrons. The van der Waals surface area contributed by atoms with E-state index >= 15 is 0 Å². The predicted octanol–water partition coefficient (Wildman–Crippen LogP) is 3.74. The van der Waals surface area contributed by atoms with E-state index in [0.29, 0.717) is 13.0 Å². The van der Waals surface area contributed by atoms with Gasteiger partial charge in [0.2, 0.25) is 0 Å². The Kier molecular flexibility index (Phi) is 10.3. The van der Waals surface area contributed by atoms with E-state index in [1.54, 1.807) is 7.11 Å². The van der Waals surface area contributed by atoms with Crippen molar-refractivity contribution >= 4 is 11.9 Å². The second kappa shape index (κ2) is 13.4. The second-order valence-corrected chi connectivity index (χ2v) is 9.88. The summed E-state index contributed by atoms with van der Waals surface area (Å²) < 4.78 is 7.54. The molecular formula is C28H43N3O3. The van der Waals surface area contributed by atoms with Crippen molar-refractivity contribution in [3.05, 3.63) is 42.0 Å². The molecule has 4 atom stereocenters. The third-order valence-electron chi connectivity index (χ3n) is 7.20. The van der Waals surface area contributed by atoms with Gasteiger partial charge in [0.05, 0.1) is 31.8 Å². The fourth-order valence-corrected chi connectivity index (χ4v) is 5.33. The van der Waals surface area contributed by atoms with Gasteiger partial charge in [-0.25, -0.2) is 0 Å². The first-order valence-corrected chi connectivity index (χ1v) is 13.2. The highest BCUT2D eigenvalue weighted by molar-refractivity contribution is 5.77. The summed E-state index contributed by atoms with van der Waals surface area (Å²) in [4.78, 5) is 12.0. The van der Waals surface area contributed by atoms with Crippen LogP contribution in [0.2, 0.25) is 0 Å². The number of nitrogens with zero attached hydrogens (tertiary/aromatic N) is 1. The zero-order valence-electron chi connectivity index (χ0n) is 21.2. The van der Waals surface area contributed by atoms with Crippen LogP contribution < -0.4 is 20.5 Å². The SMILES string of the molecule is CCCCCCCC/C=C\C[C@@H]1CC(C(=O)[O-])[C@H]2C[C@@H](C)NC(NCc3ccc(OC)cc3)=[N+]12. The molecule has 2 heterocycles. The average Bonchev–Trinajstić information content (AvgIpc) is 3.20. The first-order valence-electron chi connectivity index (χ1n) is 13.2. The van der Waals surface area contributed by atoms with Crippen molar-refractivity contribution in [3.8, 4) is 5.75 Å². The zero-order valence-corrected chi connectivity index (χ0v) is 21.2. The lowest BCUT2D eigenvalue weighted by molar-refractivity contribution is -0.589. The number of carboxylic acids is 1. The van der Waals surface area contributed by atoms with Gasteiger partial charge < -0.3 is 14.6 Å². The Morgan fingerprint density at radius 2 is 1.88 bits per heavy atom. The minimum atomic E-state index is -0.919. The fourth-order valence-electron chi connectivity index (χ4n) is 5.33. The number of hydrogen-bond donors (Lipinski definition) is 2. The van der Waals surface area contributed by atoms with Crippen molar-refractivity contribution in [1.29, 1.82) is 0 Å². The lowest BCUT2D eigenvalue weighted by Gasteiger charge is -2.30. The molecule has 2 aliphatic rings. The van der Waals surface area contributed by atoms with E-state index in [-0.39, 0.29) is 18.1 Å². The molecule has 6 nitrogen and oxygen atoms in total. The monoisotopic (exact) mass is 469 g/mol. The maximum Gasteiger partial charge on any atom is 0.346 e. The number of aliphatic carboxylic acids is 1. The number of rotatable bonds is 13. The molecule has 1 fully saturated rings. The zero-order chi connectivity index (χ0) is 24.3. The summed E-state index contributed by atoms with van der Waals surface area (Å²) >= 11 is 0. The molecule has 2 aliphatic heterocycles. The number of allylic oxidation sites excluding steroid dienone is 1. The third kappa shape index (κ3) is 7.25. The Morgan fingerprint density at radius 3 is 2.59 bits per heavy atom. The summed E-state index contributed by atoms with van der Waals surface area (Å²) in [6, 6.07) is 8.35. The van der Waals surface area contributed by atoms with Gasteiger partial charge in [-0.2, -0.15) is 0 Å². The predicted molar refractivity (Wildman–Crippen MR) is 135 cm³/mol. The molecule has 0 bridgehead atoms. The third-order valence-corrected chi connectivity index (χ3v) is 7.20. The molecule has 1 aromatic carbocycles. The van der Waals surface area contributed by atoms with Crippen LogP contribution in [0.3, 0.4) is 0 Å². The second-order valence-electron chi connectivity index (χ2n) is 9.88. The Labute approximate surface area is 205 Å². The number of ether oxygens (including phenoxy) is 1. The van der Waals surface area contributed by atoms with Gasteiger partial charge in [-0.15, -0.1) is 0 Å². The molecule has 0 aliphatic carbocycles. The highest BCUT2D eigenvalue weighted by Gasteiger charge is 2.46. The van der Waals surface area contributed by atoms with Gasteiger partial charge >= 0.3 is 5.96 Å². The molecule has 3 rings (SSSR count). The normalized spacial score (nSPS) is 24.2. The van der Waals surface area contributed by atoms with Crippen LogP contribution in [0.4, 0.5) is 0 Å². The number of carbonyl (C=O) groups is 1. The highest BCUT2D eigenvalue weighted by Crippen LogP contribution is 2.33. The van der Waals surface area contributed by atoms with Gasteiger partial charge in [0, 0.05) is 18.3 Å². The number of benzene rings is 1. The summed E-state index contributed by atoms with van der Waals surface area (Å²) in [6.45, 7) is 5.03. The molecular weight excluding hydrogens is 426 g/mol.